The maximum Gasteiger partial charge on any atom is 0.311 e. The van der Waals surface area contributed by atoms with Gasteiger partial charge < -0.3 is 14.9 Å². The molecule has 0 amide bonds. The zero-order valence-electron chi connectivity index (χ0n) is 13.5. The van der Waals surface area contributed by atoms with Crippen LogP contribution in [0, 0.1) is 0 Å². The lowest BCUT2D eigenvalue weighted by Crippen LogP contribution is -2.26. The number of hydrogen-bond acceptors (Lipinski definition) is 3. The van der Waals surface area contributed by atoms with E-state index < -0.39 is 11.9 Å². The van der Waals surface area contributed by atoms with Crippen LogP contribution in [0.15, 0.2) is 18.2 Å². The van der Waals surface area contributed by atoms with Crippen LogP contribution in [-0.4, -0.2) is 29.9 Å². The molecule has 1 aromatic rings. The number of aliphatic hydroxyl groups excluding tert-OH is 1. The Kier molecular flexibility index (Phi) is 5.46. The van der Waals surface area contributed by atoms with Crippen molar-refractivity contribution in [2.45, 2.75) is 56.8 Å². The fraction of sp³-hybridized carbons (Fsp3) is 0.611. The molecule has 0 radical (unpaired) electrons. The predicted molar refractivity (Wildman–Crippen MR) is 85.5 cm³/mol. The molecule has 122 valence electrons. The molecule has 0 aromatic heterocycles. The molecule has 0 bridgehead atoms. The van der Waals surface area contributed by atoms with Gasteiger partial charge >= 0.3 is 5.97 Å². The Labute approximate surface area is 132 Å². The summed E-state index contributed by atoms with van der Waals surface area (Å²) < 4.78 is 5.52. The number of carboxylic acids is 1. The first-order chi connectivity index (χ1) is 10.5. The highest BCUT2D eigenvalue weighted by Gasteiger charge is 2.32. The maximum atomic E-state index is 11.5. The van der Waals surface area contributed by atoms with E-state index in [0.717, 1.165) is 29.7 Å². The van der Waals surface area contributed by atoms with Crippen molar-refractivity contribution >= 4 is 5.97 Å². The van der Waals surface area contributed by atoms with Gasteiger partial charge in [-0.3, -0.25) is 4.79 Å². The minimum Gasteiger partial charge on any atom is -0.496 e. The predicted octanol–water partition coefficient (Wildman–Crippen LogP) is 3.47. The molecule has 1 saturated carbocycles. The Morgan fingerprint density at radius 1 is 1.32 bits per heavy atom. The third-order valence-corrected chi connectivity index (χ3v) is 4.95. The van der Waals surface area contributed by atoms with Crippen molar-refractivity contribution in [3.05, 3.63) is 29.3 Å². The van der Waals surface area contributed by atoms with E-state index in [4.69, 9.17) is 9.84 Å². The van der Waals surface area contributed by atoms with Gasteiger partial charge in [0.15, 0.2) is 0 Å². The van der Waals surface area contributed by atoms with Crippen molar-refractivity contribution in [2.24, 2.45) is 0 Å². The van der Waals surface area contributed by atoms with Crippen molar-refractivity contribution in [3.8, 4) is 5.75 Å². The summed E-state index contributed by atoms with van der Waals surface area (Å²) >= 11 is 0. The molecule has 4 heteroatoms. The maximum absolute atomic E-state index is 11.5. The molecule has 1 aromatic carbocycles. The largest absolute Gasteiger partial charge is 0.496 e. The summed E-state index contributed by atoms with van der Waals surface area (Å²) in [5.41, 5.74) is 1.91. The van der Waals surface area contributed by atoms with Crippen molar-refractivity contribution in [3.63, 3.8) is 0 Å². The number of aliphatic hydroxyl groups is 1. The number of aliphatic carboxylic acids is 1. The van der Waals surface area contributed by atoms with Gasteiger partial charge in [0.05, 0.1) is 13.0 Å². The summed E-state index contributed by atoms with van der Waals surface area (Å²) in [6, 6.07) is 5.67. The molecule has 1 aliphatic rings. The van der Waals surface area contributed by atoms with E-state index in [-0.39, 0.29) is 18.4 Å². The molecule has 1 atom stereocenters. The average molecular weight is 306 g/mol. The van der Waals surface area contributed by atoms with Gasteiger partial charge in [-0.15, -0.1) is 0 Å². The molecule has 0 spiro atoms. The molecular formula is C18H26O4. The molecule has 0 saturated heterocycles. The number of carboxylic acid groups (broad SMARTS) is 1. The number of ether oxygens (including phenoxy) is 1. The van der Waals surface area contributed by atoms with E-state index in [1.54, 1.807) is 7.11 Å². The molecule has 0 heterocycles. The summed E-state index contributed by atoms with van der Waals surface area (Å²) in [7, 11) is 1.66. The summed E-state index contributed by atoms with van der Waals surface area (Å²) in [4.78, 5) is 11.5. The van der Waals surface area contributed by atoms with Gasteiger partial charge in [-0.2, -0.15) is 0 Å². The van der Waals surface area contributed by atoms with Crippen molar-refractivity contribution in [2.75, 3.05) is 13.7 Å². The van der Waals surface area contributed by atoms with E-state index in [1.165, 1.54) is 19.3 Å². The van der Waals surface area contributed by atoms with Crippen LogP contribution in [0.1, 0.15) is 62.5 Å². The SMILES string of the molecule is COc1ccc(C(CCO)C(=O)O)cc1C1(C)CCCCC1. The van der Waals surface area contributed by atoms with Crippen molar-refractivity contribution in [1.29, 1.82) is 0 Å². The topological polar surface area (TPSA) is 66.8 Å². The summed E-state index contributed by atoms with van der Waals surface area (Å²) in [5, 5.41) is 18.5. The summed E-state index contributed by atoms with van der Waals surface area (Å²) in [6.45, 7) is 2.12. The van der Waals surface area contributed by atoms with Crippen LogP contribution in [-0.2, 0) is 10.2 Å². The van der Waals surface area contributed by atoms with Crippen LogP contribution in [0.2, 0.25) is 0 Å². The van der Waals surface area contributed by atoms with Crippen LogP contribution in [0.3, 0.4) is 0 Å². The Morgan fingerprint density at radius 2 is 2.00 bits per heavy atom. The fourth-order valence-electron chi connectivity index (χ4n) is 3.58. The number of carbonyl (C=O) groups is 1. The number of methoxy groups -OCH3 is 1. The molecule has 22 heavy (non-hydrogen) atoms. The zero-order valence-corrected chi connectivity index (χ0v) is 13.5. The third-order valence-electron chi connectivity index (χ3n) is 4.95. The molecular weight excluding hydrogens is 280 g/mol. The van der Waals surface area contributed by atoms with E-state index in [1.807, 2.05) is 18.2 Å². The second kappa shape index (κ2) is 7.14. The zero-order chi connectivity index (χ0) is 16.2. The van der Waals surface area contributed by atoms with Crippen LogP contribution in [0.5, 0.6) is 5.75 Å². The standard InChI is InChI=1S/C18H26O4/c1-18(9-4-3-5-10-18)15-12-13(6-7-16(15)22-2)14(8-11-19)17(20)21/h6-7,12,14,19H,3-5,8-11H2,1-2H3,(H,20,21). The average Bonchev–Trinajstić information content (AvgIpc) is 2.52. The first-order valence-electron chi connectivity index (χ1n) is 8.04. The minimum atomic E-state index is -0.890. The second-order valence-corrected chi connectivity index (χ2v) is 6.48. The molecule has 2 rings (SSSR count). The first kappa shape index (κ1) is 16.8. The summed E-state index contributed by atoms with van der Waals surface area (Å²) in [6.07, 6.45) is 6.10. The quantitative estimate of drug-likeness (QED) is 0.844. The molecule has 4 nitrogen and oxygen atoms in total. The van der Waals surface area contributed by atoms with Crippen LogP contribution in [0.4, 0.5) is 0 Å². The Hall–Kier alpha value is -1.55. The molecule has 2 N–H and O–H groups in total. The van der Waals surface area contributed by atoms with Crippen LogP contribution >= 0.6 is 0 Å². The number of hydrogen-bond donors (Lipinski definition) is 2. The molecule has 1 aliphatic carbocycles. The van der Waals surface area contributed by atoms with Gasteiger partial charge in [-0.05, 0) is 36.3 Å². The van der Waals surface area contributed by atoms with Crippen LogP contribution in [0.25, 0.3) is 0 Å². The van der Waals surface area contributed by atoms with Gasteiger partial charge in [-0.1, -0.05) is 38.3 Å². The smallest absolute Gasteiger partial charge is 0.311 e. The highest BCUT2D eigenvalue weighted by molar-refractivity contribution is 5.76. The monoisotopic (exact) mass is 306 g/mol. The molecule has 1 unspecified atom stereocenters. The highest BCUT2D eigenvalue weighted by Crippen LogP contribution is 2.44. The normalized spacial score (nSPS) is 18.7. The lowest BCUT2D eigenvalue weighted by atomic mass is 9.70. The third kappa shape index (κ3) is 3.43. The van der Waals surface area contributed by atoms with Crippen molar-refractivity contribution in [1.82, 2.24) is 0 Å². The second-order valence-electron chi connectivity index (χ2n) is 6.48. The van der Waals surface area contributed by atoms with E-state index >= 15 is 0 Å². The lowest BCUT2D eigenvalue weighted by molar-refractivity contribution is -0.139. The van der Waals surface area contributed by atoms with E-state index in [9.17, 15) is 9.90 Å². The molecule has 1 fully saturated rings. The molecule has 0 aliphatic heterocycles. The number of rotatable bonds is 6. The van der Waals surface area contributed by atoms with E-state index in [2.05, 4.69) is 6.92 Å². The van der Waals surface area contributed by atoms with Gasteiger partial charge in [0.1, 0.15) is 5.75 Å². The summed E-state index contributed by atoms with van der Waals surface area (Å²) in [5.74, 6) is -0.720. The Balaban J connectivity index is 2.43. The van der Waals surface area contributed by atoms with Crippen molar-refractivity contribution < 1.29 is 19.7 Å². The minimum absolute atomic E-state index is 0.0435. The Bertz CT molecular complexity index is 518. The van der Waals surface area contributed by atoms with E-state index in [0.29, 0.717) is 0 Å². The lowest BCUT2D eigenvalue weighted by Gasteiger charge is -2.35. The van der Waals surface area contributed by atoms with Crippen LogP contribution < -0.4 is 4.74 Å². The van der Waals surface area contributed by atoms with Gasteiger partial charge in [0.2, 0.25) is 0 Å². The fourth-order valence-corrected chi connectivity index (χ4v) is 3.58. The van der Waals surface area contributed by atoms with Gasteiger partial charge in [-0.25, -0.2) is 0 Å². The Morgan fingerprint density at radius 3 is 2.55 bits per heavy atom. The number of benzene rings is 1. The van der Waals surface area contributed by atoms with Gasteiger partial charge in [0.25, 0.3) is 0 Å². The van der Waals surface area contributed by atoms with Gasteiger partial charge in [0, 0.05) is 12.2 Å². The highest BCUT2D eigenvalue weighted by atomic mass is 16.5. The first-order valence-corrected chi connectivity index (χ1v) is 8.04.